The number of carboxylic acid groups (broad SMARTS) is 2. The summed E-state index contributed by atoms with van der Waals surface area (Å²) in [6.45, 7) is 0.875. The molecule has 0 unspecified atom stereocenters. The standard InChI is InChI=1S/C16H14O7.C12H10O5/c17-15(18)7-5-11-1-3-13(22-11)9-21-10-14-4-2-12(23-14)6-8-16(19)20;13-5-9-1-3-11(16-9)7-15-8-12-4-2-10(6-14)17-12/h1-8H,9-10H2,(H,17,18)(H,19,20);1-6H,7-8H2/b7-5+,8-6+;. The lowest BCUT2D eigenvalue weighted by molar-refractivity contribution is -0.132. The Bertz CT molecular complexity index is 1350. The van der Waals surface area contributed by atoms with Gasteiger partial charge in [0.15, 0.2) is 24.1 Å². The number of hydrogen-bond donors (Lipinski definition) is 2. The van der Waals surface area contributed by atoms with Crippen molar-refractivity contribution in [3.05, 3.63) is 107 Å². The summed E-state index contributed by atoms with van der Waals surface area (Å²) in [7, 11) is 0. The summed E-state index contributed by atoms with van der Waals surface area (Å²) in [5.74, 6) is 1.50. The van der Waals surface area contributed by atoms with E-state index in [1.807, 2.05) is 0 Å². The van der Waals surface area contributed by atoms with Gasteiger partial charge < -0.3 is 37.4 Å². The lowest BCUT2D eigenvalue weighted by atomic mass is 10.4. The highest BCUT2D eigenvalue weighted by molar-refractivity contribution is 5.85. The predicted molar refractivity (Wildman–Crippen MR) is 136 cm³/mol. The van der Waals surface area contributed by atoms with E-state index in [0.29, 0.717) is 47.1 Å². The minimum atomic E-state index is -1.05. The van der Waals surface area contributed by atoms with E-state index >= 15 is 0 Å². The first-order valence-corrected chi connectivity index (χ1v) is 11.6. The van der Waals surface area contributed by atoms with E-state index in [2.05, 4.69) is 0 Å². The van der Waals surface area contributed by atoms with Gasteiger partial charge >= 0.3 is 11.9 Å². The van der Waals surface area contributed by atoms with Crippen molar-refractivity contribution in [1.82, 2.24) is 0 Å². The van der Waals surface area contributed by atoms with Crippen LogP contribution in [0.3, 0.4) is 0 Å². The first-order valence-electron chi connectivity index (χ1n) is 11.6. The number of aldehydes is 2. The van der Waals surface area contributed by atoms with Gasteiger partial charge in [-0.3, -0.25) is 9.59 Å². The summed E-state index contributed by atoms with van der Waals surface area (Å²) in [5.41, 5.74) is 0. The molecule has 0 saturated carbocycles. The highest BCUT2D eigenvalue weighted by Gasteiger charge is 2.05. The Balaban J connectivity index is 0.000000230. The second-order valence-corrected chi connectivity index (χ2v) is 7.78. The molecule has 0 atom stereocenters. The van der Waals surface area contributed by atoms with Gasteiger partial charge in [0.25, 0.3) is 0 Å². The zero-order chi connectivity index (χ0) is 28.7. The first-order chi connectivity index (χ1) is 19.3. The Morgan fingerprint density at radius 3 is 1.12 bits per heavy atom. The molecule has 0 aliphatic carbocycles. The van der Waals surface area contributed by atoms with Gasteiger partial charge in [0.1, 0.15) is 61.0 Å². The van der Waals surface area contributed by atoms with Gasteiger partial charge in [-0.15, -0.1) is 0 Å². The average Bonchev–Trinajstić information content (AvgIpc) is 3.75. The van der Waals surface area contributed by atoms with Crippen molar-refractivity contribution in [2.75, 3.05) is 0 Å². The lowest BCUT2D eigenvalue weighted by Gasteiger charge is -1.99. The van der Waals surface area contributed by atoms with Crippen LogP contribution in [0, 0.1) is 0 Å². The van der Waals surface area contributed by atoms with Crippen LogP contribution in [0.25, 0.3) is 12.2 Å². The van der Waals surface area contributed by atoms with E-state index in [9.17, 15) is 19.2 Å². The van der Waals surface area contributed by atoms with E-state index in [4.69, 9.17) is 37.4 Å². The smallest absolute Gasteiger partial charge is 0.328 e. The molecule has 12 heteroatoms. The van der Waals surface area contributed by atoms with Gasteiger partial charge in [-0.05, 0) is 60.7 Å². The van der Waals surface area contributed by atoms with Crippen LogP contribution in [-0.4, -0.2) is 34.7 Å². The Labute approximate surface area is 226 Å². The molecule has 0 amide bonds. The van der Waals surface area contributed by atoms with Crippen LogP contribution >= 0.6 is 0 Å². The third kappa shape index (κ3) is 10.3. The monoisotopic (exact) mass is 552 g/mol. The van der Waals surface area contributed by atoms with Gasteiger partial charge in [-0.25, -0.2) is 9.59 Å². The minimum absolute atomic E-state index is 0.196. The van der Waals surface area contributed by atoms with Crippen molar-refractivity contribution >= 4 is 36.7 Å². The zero-order valence-corrected chi connectivity index (χ0v) is 20.9. The number of rotatable bonds is 14. The summed E-state index contributed by atoms with van der Waals surface area (Å²) in [5, 5.41) is 17.0. The number of carboxylic acids is 2. The molecule has 0 radical (unpaired) electrons. The zero-order valence-electron chi connectivity index (χ0n) is 20.9. The number of furan rings is 4. The van der Waals surface area contributed by atoms with Crippen molar-refractivity contribution in [2.45, 2.75) is 26.4 Å². The fourth-order valence-electron chi connectivity index (χ4n) is 3.01. The van der Waals surface area contributed by atoms with Crippen molar-refractivity contribution < 1.29 is 56.5 Å². The molecule has 0 bridgehead atoms. The summed E-state index contributed by atoms with van der Waals surface area (Å²) in [6.07, 6.45) is 5.93. The van der Waals surface area contributed by atoms with Gasteiger partial charge in [0, 0.05) is 12.2 Å². The molecule has 4 rings (SSSR count). The summed E-state index contributed by atoms with van der Waals surface area (Å²) >= 11 is 0. The molecule has 0 aliphatic heterocycles. The molecular formula is C28H24O12. The van der Waals surface area contributed by atoms with Crippen LogP contribution in [0.15, 0.2) is 78.4 Å². The Hall–Kier alpha value is -5.20. The number of carbonyl (C=O) groups is 4. The summed E-state index contributed by atoms with van der Waals surface area (Å²) in [4.78, 5) is 41.5. The van der Waals surface area contributed by atoms with Gasteiger partial charge in [-0.2, -0.15) is 0 Å². The Kier molecular flexibility index (Phi) is 11.2. The Morgan fingerprint density at radius 1 is 0.550 bits per heavy atom. The predicted octanol–water partition coefficient (Wildman–Crippen LogP) is 5.00. The molecule has 40 heavy (non-hydrogen) atoms. The molecule has 4 aromatic heterocycles. The summed E-state index contributed by atoms with van der Waals surface area (Å²) < 4.78 is 31.7. The van der Waals surface area contributed by atoms with Crippen molar-refractivity contribution in [3.63, 3.8) is 0 Å². The molecule has 2 N–H and O–H groups in total. The van der Waals surface area contributed by atoms with Crippen LogP contribution in [0.2, 0.25) is 0 Å². The van der Waals surface area contributed by atoms with E-state index < -0.39 is 11.9 Å². The lowest BCUT2D eigenvalue weighted by Crippen LogP contribution is -1.91. The second kappa shape index (κ2) is 15.3. The normalized spacial score (nSPS) is 11.0. The molecule has 4 aromatic rings. The molecule has 0 aromatic carbocycles. The van der Waals surface area contributed by atoms with Crippen LogP contribution in [0.5, 0.6) is 0 Å². The van der Waals surface area contributed by atoms with Gasteiger partial charge in [0.2, 0.25) is 0 Å². The van der Waals surface area contributed by atoms with Crippen LogP contribution in [0.4, 0.5) is 0 Å². The van der Waals surface area contributed by atoms with Crippen LogP contribution in [0.1, 0.15) is 55.7 Å². The maximum absolute atomic E-state index is 10.4. The largest absolute Gasteiger partial charge is 0.478 e. The second-order valence-electron chi connectivity index (χ2n) is 7.78. The minimum Gasteiger partial charge on any atom is -0.478 e. The number of aliphatic carboxylic acids is 2. The maximum atomic E-state index is 10.4. The Morgan fingerprint density at radius 2 is 0.850 bits per heavy atom. The fraction of sp³-hybridized carbons (Fsp3) is 0.143. The molecule has 208 valence electrons. The van der Waals surface area contributed by atoms with Crippen molar-refractivity contribution in [1.29, 1.82) is 0 Å². The van der Waals surface area contributed by atoms with Gasteiger partial charge in [0.05, 0.1) is 0 Å². The van der Waals surface area contributed by atoms with E-state index in [1.54, 1.807) is 48.5 Å². The van der Waals surface area contributed by atoms with Crippen molar-refractivity contribution in [3.8, 4) is 0 Å². The number of ether oxygens (including phenoxy) is 2. The summed E-state index contributed by atoms with van der Waals surface area (Å²) in [6, 6.07) is 13.1. The first kappa shape index (κ1) is 29.4. The van der Waals surface area contributed by atoms with Crippen molar-refractivity contribution in [2.24, 2.45) is 0 Å². The average molecular weight is 552 g/mol. The quantitative estimate of drug-likeness (QED) is 0.158. The molecule has 4 heterocycles. The van der Waals surface area contributed by atoms with Crippen LogP contribution < -0.4 is 0 Å². The molecule has 0 saturated heterocycles. The molecule has 0 spiro atoms. The number of hydrogen-bond acceptors (Lipinski definition) is 10. The fourth-order valence-corrected chi connectivity index (χ4v) is 3.01. The number of carbonyl (C=O) groups excluding carboxylic acids is 2. The highest BCUT2D eigenvalue weighted by atomic mass is 16.5. The van der Waals surface area contributed by atoms with E-state index in [0.717, 1.165) is 12.2 Å². The van der Waals surface area contributed by atoms with Gasteiger partial charge in [-0.1, -0.05) is 0 Å². The molecule has 0 fully saturated rings. The van der Waals surface area contributed by atoms with Crippen LogP contribution in [-0.2, 0) is 45.5 Å². The topological polar surface area (TPSA) is 180 Å². The highest BCUT2D eigenvalue weighted by Crippen LogP contribution is 2.15. The third-order valence-corrected chi connectivity index (χ3v) is 4.72. The van der Waals surface area contributed by atoms with E-state index in [-0.39, 0.29) is 37.9 Å². The molecular weight excluding hydrogens is 528 g/mol. The SMILES string of the molecule is O=C(O)/C=C/c1ccc(COCc2ccc(/C=C/C(=O)O)o2)o1.O=Cc1ccc(COCc2ccc(C=O)o2)o1. The van der Waals surface area contributed by atoms with E-state index in [1.165, 1.54) is 12.2 Å². The maximum Gasteiger partial charge on any atom is 0.328 e. The molecule has 12 nitrogen and oxygen atoms in total. The molecule has 0 aliphatic rings. The third-order valence-electron chi connectivity index (χ3n) is 4.72.